The van der Waals surface area contributed by atoms with Gasteiger partial charge in [0.1, 0.15) is 5.82 Å². The molecule has 0 heterocycles. The van der Waals surface area contributed by atoms with Gasteiger partial charge in [-0.1, -0.05) is 6.92 Å². The molecule has 0 bridgehead atoms. The first-order valence-corrected chi connectivity index (χ1v) is 5.59. The highest BCUT2D eigenvalue weighted by Crippen LogP contribution is 2.34. The molecule has 1 aromatic carbocycles. The Morgan fingerprint density at radius 2 is 2.05 bits per heavy atom. The van der Waals surface area contributed by atoms with Crippen LogP contribution in [0.3, 0.4) is 0 Å². The van der Waals surface area contributed by atoms with E-state index in [1.54, 1.807) is 13.0 Å². The number of carbonyl (C=O) groups is 1. The highest BCUT2D eigenvalue weighted by molar-refractivity contribution is 5.99. The van der Waals surface area contributed by atoms with Crippen molar-refractivity contribution in [3.63, 3.8) is 0 Å². The van der Waals surface area contributed by atoms with Crippen LogP contribution in [0.25, 0.3) is 0 Å². The van der Waals surface area contributed by atoms with Crippen molar-refractivity contribution in [2.75, 3.05) is 0 Å². The first kappa shape index (κ1) is 15.2. The maximum Gasteiger partial charge on any atom is 0.417 e. The van der Waals surface area contributed by atoms with Gasteiger partial charge in [-0.05, 0) is 24.6 Å². The van der Waals surface area contributed by atoms with Crippen molar-refractivity contribution in [2.45, 2.75) is 25.9 Å². The first-order valence-electron chi connectivity index (χ1n) is 5.59. The third-order valence-corrected chi connectivity index (χ3v) is 2.75. The molecule has 0 aliphatic rings. The summed E-state index contributed by atoms with van der Waals surface area (Å²) in [4.78, 5) is 12.0. The summed E-state index contributed by atoms with van der Waals surface area (Å²) in [7, 11) is 0. The van der Waals surface area contributed by atoms with Gasteiger partial charge in [0.25, 0.3) is 0 Å². The summed E-state index contributed by atoms with van der Waals surface area (Å²) in [6, 6.07) is 3.69. The van der Waals surface area contributed by atoms with E-state index < -0.39 is 34.8 Å². The third kappa shape index (κ3) is 3.53. The molecule has 1 unspecified atom stereocenters. The molecule has 0 aliphatic carbocycles. The van der Waals surface area contributed by atoms with Gasteiger partial charge in [-0.15, -0.1) is 0 Å². The summed E-state index contributed by atoms with van der Waals surface area (Å²) in [5, 5.41) is 8.55. The van der Waals surface area contributed by atoms with E-state index in [1.807, 2.05) is 0 Å². The van der Waals surface area contributed by atoms with Gasteiger partial charge in [0, 0.05) is 17.9 Å². The quantitative estimate of drug-likeness (QED) is 0.615. The second kappa shape index (κ2) is 5.83. The molecule has 6 heteroatoms. The Balaban J connectivity index is 3.27. The summed E-state index contributed by atoms with van der Waals surface area (Å²) in [5.41, 5.74) is -1.88. The van der Waals surface area contributed by atoms with E-state index in [9.17, 15) is 22.4 Å². The third-order valence-electron chi connectivity index (χ3n) is 2.75. The molecule has 1 atom stereocenters. The fraction of sp³-hybridized carbons (Fsp3) is 0.385. The normalized spacial score (nSPS) is 12.8. The monoisotopic (exact) mass is 273 g/mol. The van der Waals surface area contributed by atoms with Crippen LogP contribution in [0.1, 0.15) is 35.7 Å². The van der Waals surface area contributed by atoms with E-state index in [2.05, 4.69) is 0 Å². The van der Waals surface area contributed by atoms with Crippen LogP contribution >= 0.6 is 0 Å². The Kier molecular flexibility index (Phi) is 4.65. The fourth-order valence-electron chi connectivity index (χ4n) is 1.72. The van der Waals surface area contributed by atoms with E-state index in [-0.39, 0.29) is 12.8 Å². The number of nitrogens with zero attached hydrogens (tertiary/aromatic N) is 1. The minimum Gasteiger partial charge on any atom is -0.294 e. The van der Waals surface area contributed by atoms with E-state index in [1.165, 1.54) is 0 Å². The Labute approximate surface area is 107 Å². The van der Waals surface area contributed by atoms with Crippen molar-refractivity contribution < 1.29 is 22.4 Å². The van der Waals surface area contributed by atoms with Crippen molar-refractivity contribution in [3.8, 4) is 6.07 Å². The Hall–Kier alpha value is -1.90. The number of halogens is 4. The van der Waals surface area contributed by atoms with Gasteiger partial charge in [0.05, 0.1) is 11.6 Å². The smallest absolute Gasteiger partial charge is 0.294 e. The number of benzene rings is 1. The van der Waals surface area contributed by atoms with E-state index in [0.717, 1.165) is 12.1 Å². The second-order valence-electron chi connectivity index (χ2n) is 4.02. The van der Waals surface area contributed by atoms with E-state index >= 15 is 0 Å². The van der Waals surface area contributed by atoms with E-state index in [0.29, 0.717) is 6.07 Å². The maximum atomic E-state index is 12.9. The van der Waals surface area contributed by atoms with Gasteiger partial charge in [0.2, 0.25) is 0 Å². The van der Waals surface area contributed by atoms with Gasteiger partial charge in [-0.25, -0.2) is 4.39 Å². The molecule has 0 amide bonds. The molecule has 0 saturated carbocycles. The number of hydrogen-bond acceptors (Lipinski definition) is 2. The minimum absolute atomic E-state index is 0.163. The summed E-state index contributed by atoms with van der Waals surface area (Å²) in [6.45, 7) is 1.61. The molecule has 0 aromatic heterocycles. The predicted octanol–water partition coefficient (Wildman–Crippen LogP) is 3.97. The Morgan fingerprint density at radius 3 is 2.53 bits per heavy atom. The molecule has 1 rings (SSSR count). The average molecular weight is 273 g/mol. The molecule has 0 aliphatic heterocycles. The lowest BCUT2D eigenvalue weighted by molar-refractivity contribution is -0.138. The molecule has 2 nitrogen and oxygen atoms in total. The number of alkyl halides is 3. The minimum atomic E-state index is -4.81. The first-order chi connectivity index (χ1) is 8.81. The molecule has 0 radical (unpaired) electrons. The molecule has 102 valence electrons. The topological polar surface area (TPSA) is 40.9 Å². The lowest BCUT2D eigenvalue weighted by Gasteiger charge is -2.15. The molecule has 19 heavy (non-hydrogen) atoms. The Morgan fingerprint density at radius 1 is 1.42 bits per heavy atom. The van der Waals surface area contributed by atoms with Crippen molar-refractivity contribution in [2.24, 2.45) is 5.92 Å². The van der Waals surface area contributed by atoms with Crippen molar-refractivity contribution in [1.29, 1.82) is 5.26 Å². The highest BCUT2D eigenvalue weighted by atomic mass is 19.4. The fourth-order valence-corrected chi connectivity index (χ4v) is 1.72. The van der Waals surface area contributed by atoms with Gasteiger partial charge in [-0.2, -0.15) is 18.4 Å². The molecular weight excluding hydrogens is 262 g/mol. The van der Waals surface area contributed by atoms with Crippen molar-refractivity contribution >= 4 is 5.78 Å². The summed E-state index contributed by atoms with van der Waals surface area (Å²) in [6.07, 6.45) is -4.72. The number of rotatable bonds is 4. The number of ketones is 1. The zero-order chi connectivity index (χ0) is 14.6. The molecule has 0 N–H and O–H groups in total. The van der Waals surface area contributed by atoms with Gasteiger partial charge in [-0.3, -0.25) is 4.79 Å². The average Bonchev–Trinajstić information content (AvgIpc) is 2.34. The lowest BCUT2D eigenvalue weighted by atomic mass is 9.90. The number of hydrogen-bond donors (Lipinski definition) is 0. The molecule has 1 aromatic rings. The maximum absolute atomic E-state index is 12.9. The largest absolute Gasteiger partial charge is 0.417 e. The second-order valence-corrected chi connectivity index (χ2v) is 4.02. The Bertz CT molecular complexity index is 516. The van der Waals surface area contributed by atoms with Crippen LogP contribution in [0.15, 0.2) is 18.2 Å². The van der Waals surface area contributed by atoms with E-state index in [4.69, 9.17) is 5.26 Å². The van der Waals surface area contributed by atoms with Crippen LogP contribution in [0.4, 0.5) is 17.6 Å². The number of Topliss-reactive ketones (excluding diaryl/α,β-unsaturated/α-hetero) is 1. The summed E-state index contributed by atoms with van der Waals surface area (Å²) >= 11 is 0. The number of carbonyl (C=O) groups excluding carboxylic acids is 1. The molecular formula is C13H11F4NO. The molecule has 0 spiro atoms. The predicted molar refractivity (Wildman–Crippen MR) is 59.7 cm³/mol. The molecule has 0 fully saturated rings. The van der Waals surface area contributed by atoms with Crippen molar-refractivity contribution in [3.05, 3.63) is 35.1 Å². The SMILES string of the molecule is CCC(CC#N)C(=O)c1ccc(F)cc1C(F)(F)F. The summed E-state index contributed by atoms with van der Waals surface area (Å²) in [5.74, 6) is -2.65. The molecule has 0 saturated heterocycles. The van der Waals surface area contributed by atoms with Gasteiger partial charge in [0.15, 0.2) is 5.78 Å². The van der Waals surface area contributed by atoms with Crippen LogP contribution in [0.2, 0.25) is 0 Å². The van der Waals surface area contributed by atoms with Gasteiger partial charge < -0.3 is 0 Å². The summed E-state index contributed by atoms with van der Waals surface area (Å²) < 4.78 is 51.2. The highest BCUT2D eigenvalue weighted by Gasteiger charge is 2.36. The zero-order valence-electron chi connectivity index (χ0n) is 10.1. The van der Waals surface area contributed by atoms with Crippen molar-refractivity contribution in [1.82, 2.24) is 0 Å². The number of nitriles is 1. The van der Waals surface area contributed by atoms with Crippen LogP contribution < -0.4 is 0 Å². The lowest BCUT2D eigenvalue weighted by Crippen LogP contribution is -2.19. The standard InChI is InChI=1S/C13H11F4NO/c1-2-8(5-6-18)12(19)10-4-3-9(14)7-11(10)13(15,16)17/h3-4,7-8H,2,5H2,1H3. The van der Waals surface area contributed by atoms with Crippen LogP contribution in [-0.4, -0.2) is 5.78 Å². The zero-order valence-corrected chi connectivity index (χ0v) is 10.1. The van der Waals surface area contributed by atoms with Crippen LogP contribution in [-0.2, 0) is 6.18 Å². The van der Waals surface area contributed by atoms with Crippen LogP contribution in [0.5, 0.6) is 0 Å². The van der Waals surface area contributed by atoms with Crippen LogP contribution in [0, 0.1) is 23.1 Å². The van der Waals surface area contributed by atoms with Gasteiger partial charge >= 0.3 is 6.18 Å².